The summed E-state index contributed by atoms with van der Waals surface area (Å²) >= 11 is 0. The van der Waals surface area contributed by atoms with Gasteiger partial charge in [0.25, 0.3) is 0 Å². The summed E-state index contributed by atoms with van der Waals surface area (Å²) in [6.45, 7) is 15.5. The molecule has 0 amide bonds. The van der Waals surface area contributed by atoms with Crippen LogP contribution in [0, 0.1) is 28.6 Å². The van der Waals surface area contributed by atoms with Gasteiger partial charge in [-0.1, -0.05) is 47.5 Å². The summed E-state index contributed by atoms with van der Waals surface area (Å²) in [5.74, 6) is 6.81. The molecule has 0 aromatic heterocycles. The Hall–Kier alpha value is -0.440. The molecular weight excluding hydrogens is 144 g/mol. The lowest BCUT2D eigenvalue weighted by Crippen LogP contribution is -2.31. The highest BCUT2D eigenvalue weighted by Crippen LogP contribution is 2.39. The molecule has 0 atom stereocenters. The van der Waals surface area contributed by atoms with Crippen LogP contribution in [-0.4, -0.2) is 0 Å². The number of hydrogen-bond donors (Lipinski definition) is 0. The van der Waals surface area contributed by atoms with Crippen molar-refractivity contribution in [3.63, 3.8) is 0 Å². The summed E-state index contributed by atoms with van der Waals surface area (Å²) in [6, 6.07) is 0. The lowest BCUT2D eigenvalue weighted by molar-refractivity contribution is 0.158. The van der Waals surface area contributed by atoms with Gasteiger partial charge in [-0.15, -0.1) is 5.92 Å². The van der Waals surface area contributed by atoms with Gasteiger partial charge in [-0.05, 0) is 17.8 Å². The minimum atomic E-state index is 0.279. The molecule has 0 saturated heterocycles. The van der Waals surface area contributed by atoms with E-state index in [9.17, 15) is 0 Å². The van der Waals surface area contributed by atoms with E-state index in [1.807, 2.05) is 6.92 Å². The van der Waals surface area contributed by atoms with Crippen LogP contribution in [0.3, 0.4) is 0 Å². The van der Waals surface area contributed by atoms with Crippen LogP contribution in [0.5, 0.6) is 0 Å². The highest BCUT2D eigenvalue weighted by molar-refractivity contribution is 5.08. The summed E-state index contributed by atoms with van der Waals surface area (Å²) in [6.07, 6.45) is 0. The molecule has 0 aromatic carbocycles. The van der Waals surface area contributed by atoms with E-state index in [0.717, 1.165) is 0 Å². The average molecular weight is 166 g/mol. The Bertz CT molecular complexity index is 173. The molecule has 12 heavy (non-hydrogen) atoms. The van der Waals surface area contributed by atoms with E-state index in [4.69, 9.17) is 0 Å². The maximum atomic E-state index is 3.31. The van der Waals surface area contributed by atoms with Gasteiger partial charge in [0.05, 0.1) is 0 Å². The van der Waals surface area contributed by atoms with Crippen molar-refractivity contribution in [1.29, 1.82) is 0 Å². The molecule has 0 heteroatoms. The summed E-state index contributed by atoms with van der Waals surface area (Å²) in [7, 11) is 0. The fourth-order valence-electron chi connectivity index (χ4n) is 1.88. The van der Waals surface area contributed by atoms with Gasteiger partial charge in [-0.25, -0.2) is 0 Å². The van der Waals surface area contributed by atoms with Gasteiger partial charge in [0, 0.05) is 5.92 Å². The lowest BCUT2D eigenvalue weighted by atomic mass is 9.67. The van der Waals surface area contributed by atoms with Crippen LogP contribution in [0.1, 0.15) is 48.5 Å². The third-order valence-electron chi connectivity index (χ3n) is 2.02. The molecule has 0 unspecified atom stereocenters. The number of hydrogen-bond acceptors (Lipinski definition) is 0. The van der Waals surface area contributed by atoms with E-state index < -0.39 is 0 Å². The lowest BCUT2D eigenvalue weighted by Gasteiger charge is -2.37. The molecule has 0 spiro atoms. The van der Waals surface area contributed by atoms with Crippen LogP contribution < -0.4 is 0 Å². The first-order valence-electron chi connectivity index (χ1n) is 4.62. The number of rotatable bonds is 0. The third kappa shape index (κ3) is 3.30. The van der Waals surface area contributed by atoms with Crippen LogP contribution in [0.4, 0.5) is 0 Å². The van der Waals surface area contributed by atoms with Gasteiger partial charge in [0.15, 0.2) is 0 Å². The Kier molecular flexibility index (Phi) is 3.39. The van der Waals surface area contributed by atoms with Gasteiger partial charge in [-0.2, -0.15) is 0 Å². The molecule has 0 fully saturated rings. The monoisotopic (exact) mass is 166 g/mol. The summed E-state index contributed by atoms with van der Waals surface area (Å²) in [4.78, 5) is 0. The highest BCUT2D eigenvalue weighted by atomic mass is 14.4. The molecule has 70 valence electrons. The smallest absolute Gasteiger partial charge is 0.0299 e. The van der Waals surface area contributed by atoms with Gasteiger partial charge in [-0.3, -0.25) is 0 Å². The van der Waals surface area contributed by atoms with Crippen LogP contribution in [0.2, 0.25) is 0 Å². The van der Waals surface area contributed by atoms with E-state index in [1.54, 1.807) is 0 Å². The fraction of sp³-hybridized carbons (Fsp3) is 0.833. The maximum absolute atomic E-state index is 3.31. The minimum absolute atomic E-state index is 0.279. The standard InChI is InChI=1S/C12H22/c1-8-9-10(11(2,3)4)12(5,6)7/h10H,1-7H3. The van der Waals surface area contributed by atoms with Crippen molar-refractivity contribution >= 4 is 0 Å². The van der Waals surface area contributed by atoms with E-state index in [2.05, 4.69) is 53.4 Å². The Morgan fingerprint density at radius 2 is 1.17 bits per heavy atom. The predicted octanol–water partition coefficient (Wildman–Crippen LogP) is 3.72. The second-order valence-corrected chi connectivity index (χ2v) is 5.56. The first kappa shape index (κ1) is 11.6. The van der Waals surface area contributed by atoms with Gasteiger partial charge < -0.3 is 0 Å². The van der Waals surface area contributed by atoms with Crippen molar-refractivity contribution in [2.75, 3.05) is 0 Å². The largest absolute Gasteiger partial charge is 0.106 e. The molecule has 0 radical (unpaired) electrons. The molecule has 0 aliphatic carbocycles. The van der Waals surface area contributed by atoms with Crippen molar-refractivity contribution in [1.82, 2.24) is 0 Å². The summed E-state index contributed by atoms with van der Waals surface area (Å²) < 4.78 is 0. The Balaban J connectivity index is 4.78. The van der Waals surface area contributed by atoms with E-state index in [1.165, 1.54) is 0 Å². The molecule has 0 rings (SSSR count). The van der Waals surface area contributed by atoms with E-state index in [-0.39, 0.29) is 10.8 Å². The predicted molar refractivity (Wildman–Crippen MR) is 55.9 cm³/mol. The molecule has 0 nitrogen and oxygen atoms in total. The normalized spacial score (nSPS) is 12.7. The Labute approximate surface area is 77.8 Å². The SMILES string of the molecule is CC#CC(C(C)(C)C)C(C)(C)C. The van der Waals surface area contributed by atoms with Crippen LogP contribution >= 0.6 is 0 Å². The van der Waals surface area contributed by atoms with Crippen LogP contribution in [0.25, 0.3) is 0 Å². The fourth-order valence-corrected chi connectivity index (χ4v) is 1.88. The maximum Gasteiger partial charge on any atom is 0.0299 e. The zero-order chi connectivity index (χ0) is 9.99. The Morgan fingerprint density at radius 1 is 0.833 bits per heavy atom. The minimum Gasteiger partial charge on any atom is -0.106 e. The third-order valence-corrected chi connectivity index (χ3v) is 2.02. The first-order chi connectivity index (χ1) is 5.19. The second-order valence-electron chi connectivity index (χ2n) is 5.56. The molecule has 0 heterocycles. The van der Waals surface area contributed by atoms with Crippen molar-refractivity contribution in [2.24, 2.45) is 16.7 Å². The zero-order valence-corrected chi connectivity index (χ0v) is 9.58. The van der Waals surface area contributed by atoms with Gasteiger partial charge in [0.1, 0.15) is 0 Å². The molecule has 0 bridgehead atoms. The molecule has 0 aliphatic rings. The van der Waals surface area contributed by atoms with Crippen LogP contribution in [-0.2, 0) is 0 Å². The van der Waals surface area contributed by atoms with Crippen LogP contribution in [0.15, 0.2) is 0 Å². The summed E-state index contributed by atoms with van der Waals surface area (Å²) in [5, 5.41) is 0. The van der Waals surface area contributed by atoms with E-state index in [0.29, 0.717) is 5.92 Å². The molecule has 0 saturated carbocycles. The quantitative estimate of drug-likeness (QED) is 0.481. The Morgan fingerprint density at radius 3 is 1.25 bits per heavy atom. The summed E-state index contributed by atoms with van der Waals surface area (Å²) in [5.41, 5.74) is 0.558. The van der Waals surface area contributed by atoms with Crippen molar-refractivity contribution in [3.8, 4) is 11.8 Å². The molecular formula is C12H22. The topological polar surface area (TPSA) is 0 Å². The van der Waals surface area contributed by atoms with Crippen molar-refractivity contribution in [2.45, 2.75) is 48.5 Å². The molecule has 0 aromatic rings. The van der Waals surface area contributed by atoms with Crippen molar-refractivity contribution < 1.29 is 0 Å². The zero-order valence-electron chi connectivity index (χ0n) is 9.58. The average Bonchev–Trinajstić information content (AvgIpc) is 1.77. The first-order valence-corrected chi connectivity index (χ1v) is 4.62. The van der Waals surface area contributed by atoms with E-state index >= 15 is 0 Å². The molecule has 0 N–H and O–H groups in total. The molecule has 0 aliphatic heterocycles. The highest BCUT2D eigenvalue weighted by Gasteiger charge is 2.33. The van der Waals surface area contributed by atoms with Gasteiger partial charge in [0.2, 0.25) is 0 Å². The second kappa shape index (κ2) is 3.52. The van der Waals surface area contributed by atoms with Crippen molar-refractivity contribution in [3.05, 3.63) is 0 Å². The van der Waals surface area contributed by atoms with Gasteiger partial charge >= 0.3 is 0 Å².